The molecule has 182 valence electrons. The summed E-state index contributed by atoms with van der Waals surface area (Å²) < 4.78 is 18.4. The summed E-state index contributed by atoms with van der Waals surface area (Å²) in [4.78, 5) is 28.7. The van der Waals surface area contributed by atoms with E-state index >= 15 is 0 Å². The molecule has 1 aliphatic heterocycles. The molecule has 1 fully saturated rings. The molecule has 4 rings (SSSR count). The molecule has 0 radical (unpaired) electrons. The van der Waals surface area contributed by atoms with Crippen LogP contribution in [-0.4, -0.2) is 49.6 Å². The Kier molecular flexibility index (Phi) is 8.78. The summed E-state index contributed by atoms with van der Waals surface area (Å²) in [5.74, 6) is -0.503. The maximum absolute atomic E-state index is 13.1. The minimum atomic E-state index is -0.265. The molecule has 0 atom stereocenters. The van der Waals surface area contributed by atoms with Gasteiger partial charge in [-0.15, -0.1) is 11.3 Å². The fraction of sp³-hybridized carbons (Fsp3) is 0.259. The SMILES string of the molecule is O=C(C=Cc1ccc(-c2ccc(F)cc2)s1)NCc1cccc(NC(=O)CCN2CCOCC2)c1. The summed E-state index contributed by atoms with van der Waals surface area (Å²) in [6, 6.07) is 17.7. The third-order valence-corrected chi connectivity index (χ3v) is 6.69. The second kappa shape index (κ2) is 12.4. The standard InChI is InChI=1S/C27H28FN3O3S/c28-22-6-4-21(5-7-22)25-10-8-24(35-25)9-11-26(32)29-19-20-2-1-3-23(18-20)30-27(33)12-13-31-14-16-34-17-15-31/h1-11,18H,12-17,19H2,(H,29,32)(H,30,33). The Balaban J connectivity index is 1.23. The van der Waals surface area contributed by atoms with Crippen molar-refractivity contribution in [3.63, 3.8) is 0 Å². The van der Waals surface area contributed by atoms with Crippen LogP contribution in [-0.2, 0) is 20.9 Å². The van der Waals surface area contributed by atoms with Crippen molar-refractivity contribution in [2.45, 2.75) is 13.0 Å². The smallest absolute Gasteiger partial charge is 0.244 e. The van der Waals surface area contributed by atoms with Crippen molar-refractivity contribution in [1.29, 1.82) is 0 Å². The molecule has 0 bridgehead atoms. The van der Waals surface area contributed by atoms with E-state index in [2.05, 4.69) is 15.5 Å². The molecule has 1 saturated heterocycles. The summed E-state index contributed by atoms with van der Waals surface area (Å²) in [5, 5.41) is 5.80. The number of hydrogen-bond acceptors (Lipinski definition) is 5. The number of benzene rings is 2. The highest BCUT2D eigenvalue weighted by Gasteiger charge is 2.12. The number of carbonyl (C=O) groups excluding carboxylic acids is 2. The number of nitrogens with one attached hydrogen (secondary N) is 2. The number of ether oxygens (including phenoxy) is 1. The van der Waals surface area contributed by atoms with E-state index in [0.717, 1.165) is 47.2 Å². The molecule has 6 nitrogen and oxygen atoms in total. The summed E-state index contributed by atoms with van der Waals surface area (Å²) in [7, 11) is 0. The molecule has 8 heteroatoms. The molecular formula is C27H28FN3O3S. The van der Waals surface area contributed by atoms with E-state index in [1.807, 2.05) is 36.4 Å². The van der Waals surface area contributed by atoms with Gasteiger partial charge in [0.1, 0.15) is 5.82 Å². The van der Waals surface area contributed by atoms with Crippen molar-refractivity contribution in [3.05, 3.63) is 83.0 Å². The number of hydrogen-bond donors (Lipinski definition) is 2. The topological polar surface area (TPSA) is 70.7 Å². The van der Waals surface area contributed by atoms with Gasteiger partial charge in [-0.1, -0.05) is 24.3 Å². The Hall–Kier alpha value is -3.33. The molecule has 3 aromatic rings. The van der Waals surface area contributed by atoms with Crippen LogP contribution in [0.3, 0.4) is 0 Å². The first kappa shape index (κ1) is 24.8. The second-order valence-corrected chi connectivity index (χ2v) is 9.33. The lowest BCUT2D eigenvalue weighted by Crippen LogP contribution is -2.38. The summed E-state index contributed by atoms with van der Waals surface area (Å²) in [5.41, 5.74) is 2.55. The predicted octanol–water partition coefficient (Wildman–Crippen LogP) is 4.54. The van der Waals surface area contributed by atoms with E-state index in [1.165, 1.54) is 29.5 Å². The van der Waals surface area contributed by atoms with E-state index in [1.54, 1.807) is 18.2 Å². The van der Waals surface area contributed by atoms with Gasteiger partial charge in [-0.2, -0.15) is 0 Å². The first-order valence-electron chi connectivity index (χ1n) is 11.6. The Labute approximate surface area is 208 Å². The maximum Gasteiger partial charge on any atom is 0.244 e. The molecule has 1 aromatic heterocycles. The van der Waals surface area contributed by atoms with Crippen LogP contribution in [0, 0.1) is 5.82 Å². The highest BCUT2D eigenvalue weighted by atomic mass is 32.1. The summed E-state index contributed by atoms with van der Waals surface area (Å²) in [6.07, 6.45) is 3.69. The average molecular weight is 494 g/mol. The summed E-state index contributed by atoms with van der Waals surface area (Å²) >= 11 is 1.53. The molecule has 0 aliphatic carbocycles. The van der Waals surface area contributed by atoms with Crippen molar-refractivity contribution >= 4 is 34.9 Å². The first-order valence-corrected chi connectivity index (χ1v) is 12.4. The Morgan fingerprint density at radius 2 is 1.86 bits per heavy atom. The number of halogens is 1. The average Bonchev–Trinajstić information content (AvgIpc) is 3.35. The number of anilines is 1. The predicted molar refractivity (Wildman–Crippen MR) is 138 cm³/mol. The molecule has 0 saturated carbocycles. The molecule has 2 N–H and O–H groups in total. The van der Waals surface area contributed by atoms with Crippen LogP contribution in [0.1, 0.15) is 16.9 Å². The number of nitrogens with zero attached hydrogens (tertiary/aromatic N) is 1. The van der Waals surface area contributed by atoms with Crippen LogP contribution < -0.4 is 10.6 Å². The quantitative estimate of drug-likeness (QED) is 0.429. The lowest BCUT2D eigenvalue weighted by atomic mass is 10.2. The van der Waals surface area contributed by atoms with E-state index in [0.29, 0.717) is 25.2 Å². The van der Waals surface area contributed by atoms with E-state index in [9.17, 15) is 14.0 Å². The van der Waals surface area contributed by atoms with Crippen LogP contribution in [0.15, 0.2) is 66.7 Å². The minimum absolute atomic E-state index is 0.0310. The molecule has 2 amide bonds. The fourth-order valence-electron chi connectivity index (χ4n) is 3.68. The van der Waals surface area contributed by atoms with E-state index in [-0.39, 0.29) is 17.6 Å². The third kappa shape index (κ3) is 7.85. The van der Waals surface area contributed by atoms with Gasteiger partial charge in [-0.05, 0) is 53.6 Å². The largest absolute Gasteiger partial charge is 0.379 e. The monoisotopic (exact) mass is 493 g/mol. The van der Waals surface area contributed by atoms with Gasteiger partial charge in [-0.3, -0.25) is 14.5 Å². The van der Waals surface area contributed by atoms with Gasteiger partial charge in [0, 0.05) is 54.1 Å². The Morgan fingerprint density at radius 1 is 1.06 bits per heavy atom. The third-order valence-electron chi connectivity index (χ3n) is 5.59. The van der Waals surface area contributed by atoms with Gasteiger partial charge >= 0.3 is 0 Å². The van der Waals surface area contributed by atoms with E-state index < -0.39 is 0 Å². The van der Waals surface area contributed by atoms with Crippen LogP contribution in [0.4, 0.5) is 10.1 Å². The maximum atomic E-state index is 13.1. The van der Waals surface area contributed by atoms with Gasteiger partial charge in [-0.25, -0.2) is 4.39 Å². The zero-order valence-corrected chi connectivity index (χ0v) is 20.2. The highest BCUT2D eigenvalue weighted by molar-refractivity contribution is 7.16. The van der Waals surface area contributed by atoms with Crippen molar-refractivity contribution in [2.75, 3.05) is 38.2 Å². The van der Waals surface area contributed by atoms with Crippen LogP contribution in [0.2, 0.25) is 0 Å². The zero-order valence-electron chi connectivity index (χ0n) is 19.3. The molecule has 0 unspecified atom stereocenters. The first-order chi connectivity index (χ1) is 17.0. The van der Waals surface area contributed by atoms with Crippen LogP contribution in [0.25, 0.3) is 16.5 Å². The zero-order chi connectivity index (χ0) is 24.5. The van der Waals surface area contributed by atoms with Gasteiger partial charge < -0.3 is 15.4 Å². The van der Waals surface area contributed by atoms with Crippen molar-refractivity contribution in [1.82, 2.24) is 10.2 Å². The molecule has 2 heterocycles. The number of rotatable bonds is 9. The van der Waals surface area contributed by atoms with Gasteiger partial charge in [0.15, 0.2) is 0 Å². The van der Waals surface area contributed by atoms with Crippen molar-refractivity contribution in [2.24, 2.45) is 0 Å². The van der Waals surface area contributed by atoms with Crippen molar-refractivity contribution < 1.29 is 18.7 Å². The lowest BCUT2D eigenvalue weighted by molar-refractivity contribution is -0.117. The normalized spacial score (nSPS) is 14.2. The molecule has 0 spiro atoms. The van der Waals surface area contributed by atoms with Gasteiger partial charge in [0.05, 0.1) is 13.2 Å². The number of thiophene rings is 1. The summed E-state index contributed by atoms with van der Waals surface area (Å²) in [6.45, 7) is 4.22. The lowest BCUT2D eigenvalue weighted by Gasteiger charge is -2.26. The van der Waals surface area contributed by atoms with Gasteiger partial charge in [0.25, 0.3) is 0 Å². The molecule has 35 heavy (non-hydrogen) atoms. The molecule has 2 aromatic carbocycles. The van der Waals surface area contributed by atoms with Gasteiger partial charge in [0.2, 0.25) is 11.8 Å². The minimum Gasteiger partial charge on any atom is -0.379 e. The van der Waals surface area contributed by atoms with E-state index in [4.69, 9.17) is 4.74 Å². The van der Waals surface area contributed by atoms with Crippen LogP contribution in [0.5, 0.6) is 0 Å². The Morgan fingerprint density at radius 3 is 2.66 bits per heavy atom. The highest BCUT2D eigenvalue weighted by Crippen LogP contribution is 2.28. The fourth-order valence-corrected chi connectivity index (χ4v) is 4.60. The Bertz CT molecular complexity index is 1170. The number of carbonyl (C=O) groups is 2. The number of amides is 2. The molecule has 1 aliphatic rings. The molecular weight excluding hydrogens is 465 g/mol. The number of morpholine rings is 1. The second-order valence-electron chi connectivity index (χ2n) is 8.21. The van der Waals surface area contributed by atoms with Crippen molar-refractivity contribution in [3.8, 4) is 10.4 Å². The van der Waals surface area contributed by atoms with Crippen LogP contribution >= 0.6 is 11.3 Å².